The number of benzene rings is 1. The SMILES string of the molecule is CC(=NC(C)Cc1ccccc1)NC#N. The van der Waals surface area contributed by atoms with Crippen molar-refractivity contribution < 1.29 is 0 Å². The molecule has 0 saturated carbocycles. The molecule has 78 valence electrons. The van der Waals surface area contributed by atoms with E-state index >= 15 is 0 Å². The van der Waals surface area contributed by atoms with Gasteiger partial charge >= 0.3 is 0 Å². The molecular weight excluding hydrogens is 186 g/mol. The van der Waals surface area contributed by atoms with E-state index in [1.807, 2.05) is 31.3 Å². The zero-order valence-corrected chi connectivity index (χ0v) is 9.07. The van der Waals surface area contributed by atoms with E-state index in [4.69, 9.17) is 5.26 Å². The Labute approximate surface area is 90.5 Å². The fourth-order valence-electron chi connectivity index (χ4n) is 1.44. The normalized spacial score (nSPS) is 13.0. The highest BCUT2D eigenvalue weighted by atomic mass is 15.0. The predicted octanol–water partition coefficient (Wildman–Crippen LogP) is 2.11. The molecule has 0 aliphatic heterocycles. The molecule has 0 heterocycles. The van der Waals surface area contributed by atoms with Crippen LogP contribution in [0.25, 0.3) is 0 Å². The first-order chi connectivity index (χ1) is 7.22. The third-order valence-electron chi connectivity index (χ3n) is 2.02. The van der Waals surface area contributed by atoms with Crippen LogP contribution in [0.5, 0.6) is 0 Å². The van der Waals surface area contributed by atoms with Crippen molar-refractivity contribution in [1.29, 1.82) is 5.26 Å². The van der Waals surface area contributed by atoms with Gasteiger partial charge in [-0.3, -0.25) is 10.3 Å². The maximum absolute atomic E-state index is 8.40. The minimum atomic E-state index is 0.188. The van der Waals surface area contributed by atoms with Crippen LogP contribution in [0.1, 0.15) is 19.4 Å². The monoisotopic (exact) mass is 201 g/mol. The highest BCUT2D eigenvalue weighted by Crippen LogP contribution is 2.05. The third kappa shape index (κ3) is 4.28. The van der Waals surface area contributed by atoms with Crippen LogP contribution in [0.4, 0.5) is 0 Å². The molecule has 15 heavy (non-hydrogen) atoms. The first-order valence-corrected chi connectivity index (χ1v) is 4.96. The summed E-state index contributed by atoms with van der Waals surface area (Å²) in [6.45, 7) is 3.83. The molecule has 0 radical (unpaired) electrons. The lowest BCUT2D eigenvalue weighted by Crippen LogP contribution is -2.17. The number of rotatable bonds is 3. The minimum Gasteiger partial charge on any atom is -0.281 e. The summed E-state index contributed by atoms with van der Waals surface area (Å²) < 4.78 is 0. The van der Waals surface area contributed by atoms with E-state index in [1.165, 1.54) is 5.56 Å². The van der Waals surface area contributed by atoms with Crippen molar-refractivity contribution in [1.82, 2.24) is 5.32 Å². The lowest BCUT2D eigenvalue weighted by Gasteiger charge is -2.07. The van der Waals surface area contributed by atoms with Gasteiger partial charge in [0.1, 0.15) is 5.84 Å². The molecule has 1 unspecified atom stereocenters. The number of hydrogen-bond donors (Lipinski definition) is 1. The zero-order valence-electron chi connectivity index (χ0n) is 9.07. The van der Waals surface area contributed by atoms with Crippen molar-refractivity contribution in [3.8, 4) is 6.19 Å². The number of nitriles is 1. The lowest BCUT2D eigenvalue weighted by molar-refractivity contribution is 0.736. The number of aliphatic imine (C=N–C) groups is 1. The standard InChI is InChI=1S/C12H15N3/c1-10(15-11(2)14-9-13)8-12-6-4-3-5-7-12/h3-7,10H,8H2,1-2H3,(H,14,15). The number of nitrogens with one attached hydrogen (secondary N) is 1. The second-order valence-corrected chi connectivity index (χ2v) is 3.49. The Morgan fingerprint density at radius 2 is 2.13 bits per heavy atom. The van der Waals surface area contributed by atoms with Gasteiger partial charge in [0, 0.05) is 0 Å². The summed E-state index contributed by atoms with van der Waals surface area (Å²) in [4.78, 5) is 4.34. The van der Waals surface area contributed by atoms with Gasteiger partial charge in [-0.25, -0.2) is 0 Å². The maximum atomic E-state index is 8.40. The fraction of sp³-hybridized carbons (Fsp3) is 0.333. The molecule has 0 amide bonds. The summed E-state index contributed by atoms with van der Waals surface area (Å²) in [6, 6.07) is 10.4. The lowest BCUT2D eigenvalue weighted by atomic mass is 10.1. The van der Waals surface area contributed by atoms with Crippen LogP contribution >= 0.6 is 0 Å². The van der Waals surface area contributed by atoms with Gasteiger partial charge in [-0.2, -0.15) is 5.26 Å². The van der Waals surface area contributed by atoms with E-state index in [0.717, 1.165) is 6.42 Å². The van der Waals surface area contributed by atoms with Crippen LogP contribution in [0.3, 0.4) is 0 Å². The number of nitrogens with zero attached hydrogens (tertiary/aromatic N) is 2. The molecule has 3 heteroatoms. The van der Waals surface area contributed by atoms with Gasteiger partial charge in [0.2, 0.25) is 0 Å². The molecule has 0 aromatic heterocycles. The largest absolute Gasteiger partial charge is 0.281 e. The molecule has 1 rings (SSSR count). The van der Waals surface area contributed by atoms with E-state index in [-0.39, 0.29) is 6.04 Å². The summed E-state index contributed by atoms with van der Waals surface area (Å²) >= 11 is 0. The van der Waals surface area contributed by atoms with E-state index in [1.54, 1.807) is 6.92 Å². The molecule has 1 atom stereocenters. The highest BCUT2D eigenvalue weighted by molar-refractivity contribution is 5.80. The van der Waals surface area contributed by atoms with Crippen LogP contribution in [0.2, 0.25) is 0 Å². The molecule has 0 saturated heterocycles. The summed E-state index contributed by atoms with van der Waals surface area (Å²) in [5, 5.41) is 10.9. The van der Waals surface area contributed by atoms with Crippen molar-refractivity contribution in [3.05, 3.63) is 35.9 Å². The minimum absolute atomic E-state index is 0.188. The van der Waals surface area contributed by atoms with Crippen LogP contribution in [-0.4, -0.2) is 11.9 Å². The van der Waals surface area contributed by atoms with Crippen LogP contribution in [0.15, 0.2) is 35.3 Å². The Morgan fingerprint density at radius 1 is 1.47 bits per heavy atom. The highest BCUT2D eigenvalue weighted by Gasteiger charge is 2.01. The predicted molar refractivity (Wildman–Crippen MR) is 61.5 cm³/mol. The molecule has 0 fully saturated rings. The Kier molecular flexibility index (Phi) is 4.36. The van der Waals surface area contributed by atoms with Gasteiger partial charge in [-0.1, -0.05) is 30.3 Å². The second kappa shape index (κ2) is 5.82. The van der Waals surface area contributed by atoms with Gasteiger partial charge in [0.25, 0.3) is 0 Å². The average molecular weight is 201 g/mol. The molecule has 1 N–H and O–H groups in total. The molecule has 0 aliphatic carbocycles. The van der Waals surface area contributed by atoms with Crippen molar-refractivity contribution in [2.75, 3.05) is 0 Å². The Bertz CT molecular complexity index is 362. The fourth-order valence-corrected chi connectivity index (χ4v) is 1.44. The van der Waals surface area contributed by atoms with Gasteiger partial charge in [0.15, 0.2) is 6.19 Å². The van der Waals surface area contributed by atoms with Gasteiger partial charge in [-0.05, 0) is 25.8 Å². The number of hydrogen-bond acceptors (Lipinski definition) is 2. The Morgan fingerprint density at radius 3 is 2.73 bits per heavy atom. The van der Waals surface area contributed by atoms with Crippen LogP contribution in [-0.2, 0) is 6.42 Å². The first-order valence-electron chi connectivity index (χ1n) is 4.96. The smallest absolute Gasteiger partial charge is 0.182 e. The van der Waals surface area contributed by atoms with Crippen molar-refractivity contribution >= 4 is 5.84 Å². The van der Waals surface area contributed by atoms with Gasteiger partial charge < -0.3 is 0 Å². The average Bonchev–Trinajstić information content (AvgIpc) is 2.19. The van der Waals surface area contributed by atoms with E-state index < -0.39 is 0 Å². The maximum Gasteiger partial charge on any atom is 0.182 e. The van der Waals surface area contributed by atoms with Gasteiger partial charge in [-0.15, -0.1) is 0 Å². The molecule has 1 aromatic carbocycles. The summed E-state index contributed by atoms with van der Waals surface area (Å²) in [5.74, 6) is 0.668. The topological polar surface area (TPSA) is 48.2 Å². The van der Waals surface area contributed by atoms with Crippen molar-refractivity contribution in [2.45, 2.75) is 26.3 Å². The van der Waals surface area contributed by atoms with Crippen LogP contribution < -0.4 is 5.32 Å². The second-order valence-electron chi connectivity index (χ2n) is 3.49. The molecule has 0 spiro atoms. The Hall–Kier alpha value is -1.82. The van der Waals surface area contributed by atoms with E-state index in [2.05, 4.69) is 22.4 Å². The molecule has 0 bridgehead atoms. The van der Waals surface area contributed by atoms with E-state index in [9.17, 15) is 0 Å². The molecule has 1 aromatic rings. The third-order valence-corrected chi connectivity index (χ3v) is 2.02. The van der Waals surface area contributed by atoms with Crippen LogP contribution in [0, 0.1) is 11.5 Å². The first kappa shape index (κ1) is 11.3. The van der Waals surface area contributed by atoms with Crippen molar-refractivity contribution in [2.24, 2.45) is 4.99 Å². The Balaban J connectivity index is 2.54. The molecule has 3 nitrogen and oxygen atoms in total. The summed E-state index contributed by atoms with van der Waals surface area (Å²) in [6.07, 6.45) is 2.75. The molecule has 0 aliphatic rings. The summed E-state index contributed by atoms with van der Waals surface area (Å²) in [7, 11) is 0. The summed E-state index contributed by atoms with van der Waals surface area (Å²) in [5.41, 5.74) is 1.26. The van der Waals surface area contributed by atoms with E-state index in [0.29, 0.717) is 5.84 Å². The zero-order chi connectivity index (χ0) is 11.1. The van der Waals surface area contributed by atoms with Crippen molar-refractivity contribution in [3.63, 3.8) is 0 Å². The quantitative estimate of drug-likeness (QED) is 0.352. The number of amidine groups is 1. The molecular formula is C12H15N3. The van der Waals surface area contributed by atoms with Gasteiger partial charge in [0.05, 0.1) is 6.04 Å².